The predicted molar refractivity (Wildman–Crippen MR) is 132 cm³/mol. The fraction of sp³-hybridized carbons (Fsp3) is 0.200. The lowest BCUT2D eigenvalue weighted by Gasteiger charge is -2.14. The number of nitrogens with one attached hydrogen (secondary N) is 1. The molecular formula is C25H23ClN4O5. The summed E-state index contributed by atoms with van der Waals surface area (Å²) in [6.45, 7) is 3.32. The molecule has 0 saturated heterocycles. The zero-order valence-corrected chi connectivity index (χ0v) is 20.3. The molecule has 0 atom stereocenters. The summed E-state index contributed by atoms with van der Waals surface area (Å²) in [5.41, 5.74) is 2.22. The summed E-state index contributed by atoms with van der Waals surface area (Å²) in [5, 5.41) is 7.30. The molecule has 0 saturated carbocycles. The van der Waals surface area contributed by atoms with Gasteiger partial charge < -0.3 is 23.9 Å². The number of amides is 1. The SMILES string of the molecule is COc1cc(NC(=O)Cn2c(C)cc(C)c(-c3nc(-c4cccc(Cl)c4)no3)c2=O)cc(OC)c1. The quantitative estimate of drug-likeness (QED) is 0.403. The molecule has 2 aromatic carbocycles. The topological polar surface area (TPSA) is 108 Å². The summed E-state index contributed by atoms with van der Waals surface area (Å²) in [7, 11) is 3.04. The molecule has 0 fully saturated rings. The fourth-order valence-electron chi connectivity index (χ4n) is 3.68. The number of aromatic nitrogens is 3. The Morgan fingerprint density at radius 2 is 1.80 bits per heavy atom. The van der Waals surface area contributed by atoms with Crippen LogP contribution in [0.5, 0.6) is 11.5 Å². The van der Waals surface area contributed by atoms with E-state index in [2.05, 4.69) is 15.5 Å². The second-order valence-electron chi connectivity index (χ2n) is 7.82. The van der Waals surface area contributed by atoms with Gasteiger partial charge in [-0.1, -0.05) is 28.9 Å². The maximum Gasteiger partial charge on any atom is 0.264 e. The Labute approximate surface area is 206 Å². The van der Waals surface area contributed by atoms with Gasteiger partial charge in [-0.25, -0.2) is 0 Å². The number of anilines is 1. The van der Waals surface area contributed by atoms with Crippen LogP contribution in [-0.2, 0) is 11.3 Å². The number of carbonyl (C=O) groups excluding carboxylic acids is 1. The van der Waals surface area contributed by atoms with Crippen molar-refractivity contribution in [3.8, 4) is 34.3 Å². The molecule has 10 heteroatoms. The van der Waals surface area contributed by atoms with Gasteiger partial charge in [-0.15, -0.1) is 0 Å². The lowest BCUT2D eigenvalue weighted by atomic mass is 10.1. The highest BCUT2D eigenvalue weighted by Crippen LogP contribution is 2.27. The van der Waals surface area contributed by atoms with Crippen LogP contribution in [-0.4, -0.2) is 34.8 Å². The number of benzene rings is 2. The fourth-order valence-corrected chi connectivity index (χ4v) is 3.87. The molecule has 180 valence electrons. The number of ether oxygens (including phenoxy) is 2. The number of aryl methyl sites for hydroxylation is 2. The number of methoxy groups -OCH3 is 2. The Morgan fingerprint density at radius 3 is 2.46 bits per heavy atom. The van der Waals surface area contributed by atoms with Crippen LogP contribution in [0.1, 0.15) is 11.3 Å². The third-order valence-corrected chi connectivity index (χ3v) is 5.60. The van der Waals surface area contributed by atoms with Crippen molar-refractivity contribution in [3.63, 3.8) is 0 Å². The molecular weight excluding hydrogens is 472 g/mol. The number of hydrogen-bond acceptors (Lipinski definition) is 7. The molecule has 4 aromatic rings. The highest BCUT2D eigenvalue weighted by Gasteiger charge is 2.20. The third kappa shape index (κ3) is 5.20. The van der Waals surface area contributed by atoms with Gasteiger partial charge in [0.25, 0.3) is 11.4 Å². The van der Waals surface area contributed by atoms with E-state index in [0.717, 1.165) is 0 Å². The normalized spacial score (nSPS) is 10.8. The molecule has 0 bridgehead atoms. The molecule has 0 aliphatic heterocycles. The smallest absolute Gasteiger partial charge is 0.264 e. The van der Waals surface area contributed by atoms with E-state index in [0.29, 0.717) is 44.9 Å². The van der Waals surface area contributed by atoms with E-state index in [4.69, 9.17) is 25.6 Å². The number of carbonyl (C=O) groups is 1. The summed E-state index contributed by atoms with van der Waals surface area (Å²) < 4.78 is 17.2. The van der Waals surface area contributed by atoms with Crippen molar-refractivity contribution in [3.05, 3.63) is 75.2 Å². The number of halogens is 1. The second kappa shape index (κ2) is 10.0. The van der Waals surface area contributed by atoms with Gasteiger partial charge in [-0.3, -0.25) is 9.59 Å². The second-order valence-corrected chi connectivity index (χ2v) is 8.25. The maximum absolute atomic E-state index is 13.4. The van der Waals surface area contributed by atoms with Crippen molar-refractivity contribution < 1.29 is 18.8 Å². The summed E-state index contributed by atoms with van der Waals surface area (Å²) in [5.74, 6) is 1.02. The van der Waals surface area contributed by atoms with Gasteiger partial charge in [0.2, 0.25) is 11.7 Å². The Balaban J connectivity index is 1.64. The van der Waals surface area contributed by atoms with Crippen LogP contribution in [0.4, 0.5) is 5.69 Å². The van der Waals surface area contributed by atoms with Gasteiger partial charge in [0, 0.05) is 40.2 Å². The first-order chi connectivity index (χ1) is 16.8. The van der Waals surface area contributed by atoms with Crippen LogP contribution in [0.25, 0.3) is 22.8 Å². The Kier molecular flexibility index (Phi) is 6.88. The van der Waals surface area contributed by atoms with Gasteiger partial charge in [-0.05, 0) is 37.6 Å². The molecule has 0 spiro atoms. The van der Waals surface area contributed by atoms with Gasteiger partial charge in [0.05, 0.1) is 14.2 Å². The third-order valence-electron chi connectivity index (χ3n) is 5.36. The van der Waals surface area contributed by atoms with E-state index >= 15 is 0 Å². The van der Waals surface area contributed by atoms with E-state index in [1.165, 1.54) is 18.8 Å². The molecule has 2 heterocycles. The summed E-state index contributed by atoms with van der Waals surface area (Å²) in [6, 6.07) is 13.8. The summed E-state index contributed by atoms with van der Waals surface area (Å²) in [6.07, 6.45) is 0. The molecule has 1 amide bonds. The number of rotatable bonds is 7. The summed E-state index contributed by atoms with van der Waals surface area (Å²) >= 11 is 6.06. The minimum Gasteiger partial charge on any atom is -0.497 e. The number of hydrogen-bond donors (Lipinski definition) is 1. The first-order valence-electron chi connectivity index (χ1n) is 10.6. The average Bonchev–Trinajstić information content (AvgIpc) is 3.31. The highest BCUT2D eigenvalue weighted by atomic mass is 35.5. The first-order valence-corrected chi connectivity index (χ1v) is 11.0. The van der Waals surface area contributed by atoms with E-state index in [1.807, 2.05) is 0 Å². The molecule has 4 rings (SSSR count). The van der Waals surface area contributed by atoms with E-state index in [9.17, 15) is 9.59 Å². The number of nitrogens with zero attached hydrogens (tertiary/aromatic N) is 3. The largest absolute Gasteiger partial charge is 0.497 e. The number of pyridine rings is 1. The Hall–Kier alpha value is -4.11. The molecule has 0 aliphatic rings. The maximum atomic E-state index is 13.4. The zero-order valence-electron chi connectivity index (χ0n) is 19.6. The Morgan fingerprint density at radius 1 is 1.09 bits per heavy atom. The van der Waals surface area contributed by atoms with Gasteiger partial charge in [0.15, 0.2) is 0 Å². The molecule has 2 aromatic heterocycles. The lowest BCUT2D eigenvalue weighted by Crippen LogP contribution is -2.30. The van der Waals surface area contributed by atoms with Crippen molar-refractivity contribution in [2.45, 2.75) is 20.4 Å². The van der Waals surface area contributed by atoms with Crippen LogP contribution in [0.15, 0.2) is 57.8 Å². The van der Waals surface area contributed by atoms with Gasteiger partial charge in [-0.2, -0.15) is 4.98 Å². The van der Waals surface area contributed by atoms with Gasteiger partial charge >= 0.3 is 0 Å². The van der Waals surface area contributed by atoms with Crippen molar-refractivity contribution in [1.29, 1.82) is 0 Å². The minimum absolute atomic E-state index is 0.0640. The van der Waals surface area contributed by atoms with E-state index in [-0.39, 0.29) is 18.0 Å². The predicted octanol–water partition coefficient (Wildman–Crippen LogP) is 4.49. The van der Waals surface area contributed by atoms with Crippen molar-refractivity contribution in [2.75, 3.05) is 19.5 Å². The van der Waals surface area contributed by atoms with Crippen molar-refractivity contribution in [1.82, 2.24) is 14.7 Å². The van der Waals surface area contributed by atoms with Crippen LogP contribution in [0.2, 0.25) is 5.02 Å². The van der Waals surface area contributed by atoms with Crippen LogP contribution < -0.4 is 20.3 Å². The lowest BCUT2D eigenvalue weighted by molar-refractivity contribution is -0.116. The molecule has 0 unspecified atom stereocenters. The van der Waals surface area contributed by atoms with Crippen LogP contribution >= 0.6 is 11.6 Å². The first kappa shape index (κ1) is 24.0. The monoisotopic (exact) mass is 494 g/mol. The van der Waals surface area contributed by atoms with Gasteiger partial charge in [0.1, 0.15) is 23.6 Å². The van der Waals surface area contributed by atoms with E-state index < -0.39 is 11.5 Å². The highest BCUT2D eigenvalue weighted by molar-refractivity contribution is 6.30. The van der Waals surface area contributed by atoms with Crippen molar-refractivity contribution in [2.24, 2.45) is 0 Å². The molecule has 1 N–H and O–H groups in total. The molecule has 0 radical (unpaired) electrons. The molecule has 35 heavy (non-hydrogen) atoms. The standard InChI is InChI=1S/C25H23ClN4O5/c1-14-8-15(2)30(13-21(31)27-18-10-19(33-3)12-20(11-18)34-4)25(32)22(14)24-28-23(29-35-24)16-6-5-7-17(26)9-16/h5-12H,13H2,1-4H3,(H,27,31). The molecule has 9 nitrogen and oxygen atoms in total. The van der Waals surface area contributed by atoms with Crippen molar-refractivity contribution >= 4 is 23.2 Å². The zero-order chi connectivity index (χ0) is 25.1. The summed E-state index contributed by atoms with van der Waals surface area (Å²) in [4.78, 5) is 30.6. The average molecular weight is 495 g/mol. The van der Waals surface area contributed by atoms with Crippen LogP contribution in [0.3, 0.4) is 0 Å². The molecule has 0 aliphatic carbocycles. The minimum atomic E-state index is -0.415. The van der Waals surface area contributed by atoms with E-state index in [1.54, 1.807) is 62.4 Å². The van der Waals surface area contributed by atoms with Crippen LogP contribution in [0, 0.1) is 13.8 Å². The Bertz CT molecular complexity index is 1440.